The molecule has 22 heavy (non-hydrogen) atoms. The van der Waals surface area contributed by atoms with Crippen LogP contribution >= 0.6 is 11.3 Å². The third-order valence-electron chi connectivity index (χ3n) is 2.57. The minimum atomic E-state index is -1.18. The standard InChI is InChI=1S/C15H14N2O4S/c1-2-21-11-5-3-10(4-6-11)12-9-22-15(16-12)17-13(18)7-8-14(19)20/h3-9H,2H2,1H3,(H,19,20)(H,16,17,18)/b8-7+. The molecule has 0 saturated carbocycles. The van der Waals surface area contributed by atoms with Gasteiger partial charge in [0.05, 0.1) is 12.3 Å². The van der Waals surface area contributed by atoms with Crippen molar-refractivity contribution in [2.75, 3.05) is 11.9 Å². The maximum Gasteiger partial charge on any atom is 0.328 e. The molecular weight excluding hydrogens is 304 g/mol. The number of nitrogens with one attached hydrogen (secondary N) is 1. The average Bonchev–Trinajstić information content (AvgIpc) is 2.95. The molecule has 1 aromatic carbocycles. The first-order valence-electron chi connectivity index (χ1n) is 6.49. The van der Waals surface area contributed by atoms with Crippen LogP contribution in [0.5, 0.6) is 5.75 Å². The number of hydrogen-bond donors (Lipinski definition) is 2. The molecule has 0 atom stereocenters. The highest BCUT2D eigenvalue weighted by Crippen LogP contribution is 2.26. The summed E-state index contributed by atoms with van der Waals surface area (Å²) < 4.78 is 5.37. The number of amides is 1. The van der Waals surface area contributed by atoms with E-state index in [1.165, 1.54) is 11.3 Å². The molecule has 1 amide bonds. The minimum absolute atomic E-state index is 0.406. The van der Waals surface area contributed by atoms with Gasteiger partial charge < -0.3 is 9.84 Å². The van der Waals surface area contributed by atoms with Gasteiger partial charge >= 0.3 is 5.97 Å². The van der Waals surface area contributed by atoms with E-state index in [9.17, 15) is 9.59 Å². The van der Waals surface area contributed by atoms with E-state index in [0.29, 0.717) is 11.7 Å². The lowest BCUT2D eigenvalue weighted by Gasteiger charge is -2.03. The maximum absolute atomic E-state index is 11.5. The zero-order valence-corrected chi connectivity index (χ0v) is 12.6. The number of carbonyl (C=O) groups excluding carboxylic acids is 1. The molecule has 2 N–H and O–H groups in total. The Balaban J connectivity index is 2.04. The Morgan fingerprint density at radius 2 is 2.05 bits per heavy atom. The number of aromatic nitrogens is 1. The number of aliphatic carboxylic acids is 1. The summed E-state index contributed by atoms with van der Waals surface area (Å²) in [6, 6.07) is 7.48. The molecule has 0 bridgehead atoms. The third-order valence-corrected chi connectivity index (χ3v) is 3.33. The van der Waals surface area contributed by atoms with Crippen LogP contribution in [0.2, 0.25) is 0 Å². The summed E-state index contributed by atoms with van der Waals surface area (Å²) in [7, 11) is 0. The highest BCUT2D eigenvalue weighted by Gasteiger charge is 2.07. The molecule has 1 aromatic heterocycles. The summed E-state index contributed by atoms with van der Waals surface area (Å²) in [6.45, 7) is 2.53. The lowest BCUT2D eigenvalue weighted by Crippen LogP contribution is -2.08. The van der Waals surface area contributed by atoms with Crippen LogP contribution < -0.4 is 10.1 Å². The van der Waals surface area contributed by atoms with Crippen LogP contribution in [0.4, 0.5) is 5.13 Å². The van der Waals surface area contributed by atoms with Crippen LogP contribution in [-0.2, 0) is 9.59 Å². The quantitative estimate of drug-likeness (QED) is 0.800. The van der Waals surface area contributed by atoms with E-state index in [4.69, 9.17) is 9.84 Å². The first-order valence-corrected chi connectivity index (χ1v) is 7.37. The van der Waals surface area contributed by atoms with Gasteiger partial charge in [0.25, 0.3) is 0 Å². The summed E-state index contributed by atoms with van der Waals surface area (Å²) in [5.41, 5.74) is 1.63. The van der Waals surface area contributed by atoms with Crippen LogP contribution in [0.1, 0.15) is 6.92 Å². The van der Waals surface area contributed by atoms with E-state index in [2.05, 4.69) is 10.3 Å². The molecule has 0 unspecified atom stereocenters. The molecule has 0 fully saturated rings. The van der Waals surface area contributed by atoms with E-state index >= 15 is 0 Å². The Hall–Kier alpha value is -2.67. The molecular formula is C15H14N2O4S. The molecule has 0 aliphatic heterocycles. The maximum atomic E-state index is 11.5. The number of anilines is 1. The number of nitrogens with zero attached hydrogens (tertiary/aromatic N) is 1. The lowest BCUT2D eigenvalue weighted by atomic mass is 10.2. The van der Waals surface area contributed by atoms with Gasteiger partial charge in [0.15, 0.2) is 5.13 Å². The third kappa shape index (κ3) is 4.42. The largest absolute Gasteiger partial charge is 0.494 e. The van der Waals surface area contributed by atoms with Gasteiger partial charge in [0, 0.05) is 23.1 Å². The zero-order valence-electron chi connectivity index (χ0n) is 11.8. The highest BCUT2D eigenvalue weighted by molar-refractivity contribution is 7.14. The van der Waals surface area contributed by atoms with E-state index < -0.39 is 11.9 Å². The monoisotopic (exact) mass is 318 g/mol. The van der Waals surface area contributed by atoms with Gasteiger partial charge in [-0.1, -0.05) is 0 Å². The van der Waals surface area contributed by atoms with E-state index in [-0.39, 0.29) is 0 Å². The molecule has 0 aliphatic rings. The molecule has 0 radical (unpaired) electrons. The molecule has 7 heteroatoms. The summed E-state index contributed by atoms with van der Waals surface area (Å²) in [6.07, 6.45) is 1.72. The van der Waals surface area contributed by atoms with Crippen molar-refractivity contribution in [2.24, 2.45) is 0 Å². The Morgan fingerprint density at radius 1 is 1.32 bits per heavy atom. The van der Waals surface area contributed by atoms with Gasteiger partial charge in [-0.25, -0.2) is 9.78 Å². The number of thiazole rings is 1. The molecule has 0 spiro atoms. The van der Waals surface area contributed by atoms with Gasteiger partial charge in [-0.05, 0) is 31.2 Å². The van der Waals surface area contributed by atoms with Crippen molar-refractivity contribution >= 4 is 28.3 Å². The highest BCUT2D eigenvalue weighted by atomic mass is 32.1. The lowest BCUT2D eigenvalue weighted by molar-refractivity contribution is -0.131. The van der Waals surface area contributed by atoms with E-state index in [1.807, 2.05) is 36.6 Å². The molecule has 0 saturated heterocycles. The van der Waals surface area contributed by atoms with Gasteiger partial charge in [0.1, 0.15) is 5.75 Å². The number of carboxylic acids is 1. The molecule has 2 aromatic rings. The van der Waals surface area contributed by atoms with Crippen molar-refractivity contribution in [3.63, 3.8) is 0 Å². The SMILES string of the molecule is CCOc1ccc(-c2csc(NC(=O)/C=C/C(=O)O)n2)cc1. The predicted octanol–water partition coefficient (Wildman–Crippen LogP) is 2.79. The van der Waals surface area contributed by atoms with Gasteiger partial charge in [-0.2, -0.15) is 0 Å². The molecule has 1 heterocycles. The second-order valence-electron chi connectivity index (χ2n) is 4.16. The number of hydrogen-bond acceptors (Lipinski definition) is 5. The summed E-state index contributed by atoms with van der Waals surface area (Å²) in [5, 5.41) is 13.2. The van der Waals surface area contributed by atoms with Gasteiger partial charge in [-0.3, -0.25) is 10.1 Å². The topological polar surface area (TPSA) is 88.5 Å². The molecule has 2 rings (SSSR count). The Morgan fingerprint density at radius 3 is 2.68 bits per heavy atom. The van der Waals surface area contributed by atoms with Crippen LogP contribution in [0.25, 0.3) is 11.3 Å². The van der Waals surface area contributed by atoms with Gasteiger partial charge in [0.2, 0.25) is 5.91 Å². The summed E-state index contributed by atoms with van der Waals surface area (Å²) in [5.74, 6) is -0.923. The zero-order chi connectivity index (χ0) is 15.9. The van der Waals surface area contributed by atoms with Crippen molar-refractivity contribution < 1.29 is 19.4 Å². The fourth-order valence-electron chi connectivity index (χ4n) is 1.65. The van der Waals surface area contributed by atoms with E-state index in [0.717, 1.165) is 29.2 Å². The minimum Gasteiger partial charge on any atom is -0.494 e. The van der Waals surface area contributed by atoms with Crippen LogP contribution in [0.15, 0.2) is 41.8 Å². The molecule has 114 valence electrons. The van der Waals surface area contributed by atoms with Crippen molar-refractivity contribution in [2.45, 2.75) is 6.92 Å². The molecule has 0 aliphatic carbocycles. The second-order valence-corrected chi connectivity index (χ2v) is 5.01. The smallest absolute Gasteiger partial charge is 0.328 e. The fourth-order valence-corrected chi connectivity index (χ4v) is 2.37. The van der Waals surface area contributed by atoms with Crippen molar-refractivity contribution in [3.05, 3.63) is 41.8 Å². The number of carboxylic acid groups (broad SMARTS) is 1. The van der Waals surface area contributed by atoms with Crippen LogP contribution in [-0.4, -0.2) is 28.6 Å². The molecule has 6 nitrogen and oxygen atoms in total. The number of rotatable bonds is 6. The Labute approximate surface area is 131 Å². The Kier molecular flexibility index (Phi) is 5.26. The second kappa shape index (κ2) is 7.37. The van der Waals surface area contributed by atoms with Crippen LogP contribution in [0.3, 0.4) is 0 Å². The number of benzene rings is 1. The first kappa shape index (κ1) is 15.7. The van der Waals surface area contributed by atoms with Crippen molar-refractivity contribution in [3.8, 4) is 17.0 Å². The van der Waals surface area contributed by atoms with Crippen molar-refractivity contribution in [1.82, 2.24) is 4.98 Å². The predicted molar refractivity (Wildman–Crippen MR) is 84.1 cm³/mol. The van der Waals surface area contributed by atoms with Crippen LogP contribution in [0, 0.1) is 0 Å². The fraction of sp³-hybridized carbons (Fsp3) is 0.133. The van der Waals surface area contributed by atoms with E-state index in [1.54, 1.807) is 0 Å². The number of carbonyl (C=O) groups is 2. The average molecular weight is 318 g/mol. The Bertz CT molecular complexity index is 692. The number of ether oxygens (including phenoxy) is 1. The normalized spacial score (nSPS) is 10.6. The summed E-state index contributed by atoms with van der Waals surface area (Å²) >= 11 is 1.27. The first-order chi connectivity index (χ1) is 10.6. The summed E-state index contributed by atoms with van der Waals surface area (Å²) in [4.78, 5) is 26.1. The van der Waals surface area contributed by atoms with Crippen molar-refractivity contribution in [1.29, 1.82) is 0 Å². The van der Waals surface area contributed by atoms with Gasteiger partial charge in [-0.15, -0.1) is 11.3 Å².